The summed E-state index contributed by atoms with van der Waals surface area (Å²) in [5.41, 5.74) is -0.423. The van der Waals surface area contributed by atoms with Crippen molar-refractivity contribution in [1.82, 2.24) is 0 Å². The van der Waals surface area contributed by atoms with E-state index in [0.29, 0.717) is 5.92 Å². The molecule has 0 radical (unpaired) electrons. The van der Waals surface area contributed by atoms with Crippen molar-refractivity contribution in [1.29, 1.82) is 0 Å². The van der Waals surface area contributed by atoms with Crippen molar-refractivity contribution in [2.45, 2.75) is 39.5 Å². The Morgan fingerprint density at radius 3 is 2.47 bits per heavy atom. The topological polar surface area (TPSA) is 63.6 Å². The highest BCUT2D eigenvalue weighted by atomic mass is 31.1. The number of carbonyl (C=O) groups excluding carboxylic acids is 1. The third-order valence-electron chi connectivity index (χ3n) is 3.42. The molecule has 1 aliphatic rings. The lowest BCUT2D eigenvalue weighted by Crippen LogP contribution is -2.34. The molecule has 1 saturated carbocycles. The van der Waals surface area contributed by atoms with E-state index in [1.165, 1.54) is 12.8 Å². The molecule has 0 heterocycles. The van der Waals surface area contributed by atoms with Crippen molar-refractivity contribution in [2.75, 3.05) is 6.61 Å². The van der Waals surface area contributed by atoms with Crippen molar-refractivity contribution in [3.63, 3.8) is 0 Å². The van der Waals surface area contributed by atoms with E-state index in [0.717, 1.165) is 12.8 Å². The highest BCUT2D eigenvalue weighted by molar-refractivity contribution is 7.32. The number of Topliss-reactive ketones (excluding diaryl/α,β-unsaturated/α-hetero) is 1. The van der Waals surface area contributed by atoms with E-state index in [4.69, 9.17) is 4.89 Å². The van der Waals surface area contributed by atoms with Gasteiger partial charge >= 0.3 is 8.25 Å². The molecule has 0 aromatic carbocycles. The second-order valence-electron chi connectivity index (χ2n) is 4.68. The molecular formula is C10H19O4P. The van der Waals surface area contributed by atoms with Crippen LogP contribution in [0.5, 0.6) is 0 Å². The van der Waals surface area contributed by atoms with Crippen LogP contribution < -0.4 is 0 Å². The standard InChI is InChI=1S/C10H19O4P/c1-10(2,8-5-3-4-6-8)9(11)7-14-15(12)13/h8,15H,3-7H2,1-2H3,(H,12,13). The fourth-order valence-corrected chi connectivity index (χ4v) is 2.44. The van der Waals surface area contributed by atoms with E-state index < -0.39 is 13.7 Å². The molecule has 0 saturated heterocycles. The minimum Gasteiger partial charge on any atom is -0.326 e. The largest absolute Gasteiger partial charge is 0.326 e. The highest BCUT2D eigenvalue weighted by Gasteiger charge is 2.37. The maximum atomic E-state index is 11.8. The van der Waals surface area contributed by atoms with Gasteiger partial charge in [0.05, 0.1) is 0 Å². The lowest BCUT2D eigenvalue weighted by molar-refractivity contribution is -0.132. The van der Waals surface area contributed by atoms with E-state index in [-0.39, 0.29) is 12.4 Å². The first-order valence-electron chi connectivity index (χ1n) is 5.33. The van der Waals surface area contributed by atoms with Crippen LogP contribution in [0.4, 0.5) is 0 Å². The molecule has 88 valence electrons. The van der Waals surface area contributed by atoms with Crippen molar-refractivity contribution in [3.05, 3.63) is 0 Å². The van der Waals surface area contributed by atoms with E-state index >= 15 is 0 Å². The number of rotatable bonds is 5. The zero-order chi connectivity index (χ0) is 11.5. The van der Waals surface area contributed by atoms with E-state index in [1.54, 1.807) is 0 Å². The molecule has 1 rings (SSSR count). The van der Waals surface area contributed by atoms with E-state index in [2.05, 4.69) is 4.52 Å². The first-order chi connectivity index (χ1) is 6.94. The van der Waals surface area contributed by atoms with E-state index in [1.807, 2.05) is 13.8 Å². The summed E-state index contributed by atoms with van der Waals surface area (Å²) >= 11 is 0. The van der Waals surface area contributed by atoms with Crippen LogP contribution in [0.3, 0.4) is 0 Å². The predicted molar refractivity (Wildman–Crippen MR) is 57.9 cm³/mol. The summed E-state index contributed by atoms with van der Waals surface area (Å²) in [4.78, 5) is 20.3. The van der Waals surface area contributed by atoms with E-state index in [9.17, 15) is 9.36 Å². The summed E-state index contributed by atoms with van der Waals surface area (Å²) in [6, 6.07) is 0. The quantitative estimate of drug-likeness (QED) is 0.740. The minimum absolute atomic E-state index is 0.0678. The lowest BCUT2D eigenvalue weighted by Gasteiger charge is -2.29. The number of ketones is 1. The molecule has 1 unspecified atom stereocenters. The molecule has 0 aromatic rings. The Morgan fingerprint density at radius 1 is 1.47 bits per heavy atom. The Morgan fingerprint density at radius 2 is 2.00 bits per heavy atom. The van der Waals surface area contributed by atoms with Crippen LogP contribution in [0.15, 0.2) is 0 Å². The maximum absolute atomic E-state index is 11.8. The summed E-state index contributed by atoms with van der Waals surface area (Å²) in [6.07, 6.45) is 4.51. The lowest BCUT2D eigenvalue weighted by atomic mass is 9.74. The smallest absolute Gasteiger partial charge is 0.317 e. The first kappa shape index (κ1) is 12.9. The van der Waals surface area contributed by atoms with Gasteiger partial charge in [-0.15, -0.1) is 0 Å². The molecule has 0 aliphatic heterocycles. The molecule has 4 nitrogen and oxygen atoms in total. The van der Waals surface area contributed by atoms with Crippen molar-refractivity contribution >= 4 is 14.0 Å². The van der Waals surface area contributed by atoms with Gasteiger partial charge < -0.3 is 9.42 Å². The Bertz CT molecular complexity index is 256. The molecule has 0 amide bonds. The average molecular weight is 234 g/mol. The molecule has 15 heavy (non-hydrogen) atoms. The van der Waals surface area contributed by atoms with Gasteiger partial charge in [0, 0.05) is 5.41 Å². The summed E-state index contributed by atoms with van der Waals surface area (Å²) in [5, 5.41) is 0. The Hall–Kier alpha value is -0.180. The fourth-order valence-electron chi connectivity index (χ4n) is 2.19. The average Bonchev–Trinajstić information content (AvgIpc) is 2.66. The maximum Gasteiger partial charge on any atom is 0.317 e. The zero-order valence-corrected chi connectivity index (χ0v) is 10.3. The van der Waals surface area contributed by atoms with Gasteiger partial charge in [0.15, 0.2) is 5.78 Å². The molecule has 1 fully saturated rings. The summed E-state index contributed by atoms with van der Waals surface area (Å²) < 4.78 is 14.9. The molecule has 1 N–H and O–H groups in total. The van der Waals surface area contributed by atoms with Gasteiger partial charge in [0.2, 0.25) is 0 Å². The van der Waals surface area contributed by atoms with Crippen molar-refractivity contribution < 1.29 is 18.8 Å². The third kappa shape index (κ3) is 3.40. The highest BCUT2D eigenvalue weighted by Crippen LogP contribution is 2.40. The Labute approximate surface area is 91.0 Å². The molecule has 1 atom stereocenters. The van der Waals surface area contributed by atoms with Gasteiger partial charge in [-0.2, -0.15) is 0 Å². The number of carbonyl (C=O) groups is 1. The molecule has 1 aliphatic carbocycles. The molecule has 0 aromatic heterocycles. The van der Waals surface area contributed by atoms with Gasteiger partial charge in [-0.05, 0) is 18.8 Å². The molecule has 5 heteroatoms. The number of hydrogen-bond acceptors (Lipinski definition) is 3. The zero-order valence-electron chi connectivity index (χ0n) is 9.28. The predicted octanol–water partition coefficient (Wildman–Crippen LogP) is 2.17. The van der Waals surface area contributed by atoms with Gasteiger partial charge in [-0.3, -0.25) is 9.36 Å². The Balaban J connectivity index is 2.51. The van der Waals surface area contributed by atoms with Gasteiger partial charge in [-0.1, -0.05) is 26.7 Å². The summed E-state index contributed by atoms with van der Waals surface area (Å²) in [5.74, 6) is 0.330. The van der Waals surface area contributed by atoms with Crippen LogP contribution in [-0.2, 0) is 13.9 Å². The van der Waals surface area contributed by atoms with Crippen LogP contribution in [0.2, 0.25) is 0 Å². The van der Waals surface area contributed by atoms with Crippen molar-refractivity contribution in [3.8, 4) is 0 Å². The Kier molecular flexibility index (Phi) is 4.50. The SMILES string of the molecule is CC(C)(C(=O)CO[PH](=O)O)C1CCCC1. The monoisotopic (exact) mass is 234 g/mol. The van der Waals surface area contributed by atoms with Crippen LogP contribution >= 0.6 is 8.25 Å². The normalized spacial score (nSPS) is 20.5. The summed E-state index contributed by atoms with van der Waals surface area (Å²) in [7, 11) is -2.98. The second kappa shape index (κ2) is 5.24. The third-order valence-corrected chi connectivity index (χ3v) is 3.81. The molecule has 0 spiro atoms. The van der Waals surface area contributed by atoms with Crippen LogP contribution in [0.1, 0.15) is 39.5 Å². The number of hydrogen-bond donors (Lipinski definition) is 1. The fraction of sp³-hybridized carbons (Fsp3) is 0.900. The van der Waals surface area contributed by atoms with Crippen LogP contribution in [0, 0.1) is 11.3 Å². The van der Waals surface area contributed by atoms with Crippen LogP contribution in [-0.4, -0.2) is 17.3 Å². The van der Waals surface area contributed by atoms with Gasteiger partial charge in [0.25, 0.3) is 0 Å². The minimum atomic E-state index is -2.98. The van der Waals surface area contributed by atoms with Crippen LogP contribution in [0.25, 0.3) is 0 Å². The molecule has 0 bridgehead atoms. The van der Waals surface area contributed by atoms with Gasteiger partial charge in [-0.25, -0.2) is 0 Å². The van der Waals surface area contributed by atoms with Crippen molar-refractivity contribution in [2.24, 2.45) is 11.3 Å². The van der Waals surface area contributed by atoms with Gasteiger partial charge in [0.1, 0.15) is 6.61 Å². The first-order valence-corrected chi connectivity index (χ1v) is 6.60. The summed E-state index contributed by atoms with van der Waals surface area (Å²) in [6.45, 7) is 3.57. The molecular weight excluding hydrogens is 215 g/mol. The second-order valence-corrected chi connectivity index (χ2v) is 5.50.